The molecule has 188 valence electrons. The van der Waals surface area contributed by atoms with Crippen LogP contribution in [0.4, 0.5) is 0 Å². The predicted octanol–water partition coefficient (Wildman–Crippen LogP) is 0.143. The topological polar surface area (TPSA) is 142 Å². The number of nitrogens with zero attached hydrogens (tertiary/aromatic N) is 2. The highest BCUT2D eigenvalue weighted by Crippen LogP contribution is 2.36. The summed E-state index contributed by atoms with van der Waals surface area (Å²) in [6.07, 6.45) is 2.76. The van der Waals surface area contributed by atoms with E-state index in [2.05, 4.69) is 10.2 Å². The minimum Gasteiger partial charge on any atom is -0.391 e. The van der Waals surface area contributed by atoms with E-state index in [9.17, 15) is 19.5 Å². The highest BCUT2D eigenvalue weighted by Gasteiger charge is 2.52. The SMILES string of the molecule is CCC(N)CN1CCCC1C(=O)N1CCCC1(Cc1ccccc1)C(=O)NC(C(N)=O)C(C)O. The van der Waals surface area contributed by atoms with Crippen LogP contribution in [0.2, 0.25) is 0 Å². The molecule has 0 spiro atoms. The lowest BCUT2D eigenvalue weighted by molar-refractivity contribution is -0.149. The van der Waals surface area contributed by atoms with Crippen LogP contribution in [0.1, 0.15) is 51.5 Å². The summed E-state index contributed by atoms with van der Waals surface area (Å²) in [6, 6.07) is 8.00. The van der Waals surface area contributed by atoms with Gasteiger partial charge in [-0.25, -0.2) is 0 Å². The van der Waals surface area contributed by atoms with E-state index >= 15 is 0 Å². The minimum atomic E-state index is -1.23. The Morgan fingerprint density at radius 3 is 2.53 bits per heavy atom. The zero-order valence-electron chi connectivity index (χ0n) is 20.3. The third-order valence-electron chi connectivity index (χ3n) is 7.23. The van der Waals surface area contributed by atoms with Crippen molar-refractivity contribution in [1.29, 1.82) is 0 Å². The van der Waals surface area contributed by atoms with E-state index in [1.165, 1.54) is 6.92 Å². The Hall–Kier alpha value is -2.49. The van der Waals surface area contributed by atoms with Crippen molar-refractivity contribution in [2.45, 2.75) is 82.1 Å². The van der Waals surface area contributed by atoms with Crippen LogP contribution in [-0.4, -0.2) is 82.0 Å². The first-order valence-electron chi connectivity index (χ1n) is 12.3. The van der Waals surface area contributed by atoms with Gasteiger partial charge in [0.25, 0.3) is 0 Å². The molecule has 0 bridgehead atoms. The summed E-state index contributed by atoms with van der Waals surface area (Å²) in [5.41, 5.74) is 11.4. The number of rotatable bonds is 10. The number of hydrogen-bond donors (Lipinski definition) is 4. The van der Waals surface area contributed by atoms with Gasteiger partial charge in [0.05, 0.1) is 12.1 Å². The quantitative estimate of drug-likeness (QED) is 0.381. The van der Waals surface area contributed by atoms with E-state index in [1.54, 1.807) is 4.90 Å². The normalized spacial score (nSPS) is 25.6. The molecule has 3 amide bonds. The van der Waals surface area contributed by atoms with Crippen LogP contribution in [-0.2, 0) is 20.8 Å². The van der Waals surface area contributed by atoms with E-state index in [4.69, 9.17) is 11.5 Å². The summed E-state index contributed by atoms with van der Waals surface area (Å²) in [6.45, 7) is 5.35. The van der Waals surface area contributed by atoms with Gasteiger partial charge in [0.2, 0.25) is 17.7 Å². The number of aliphatic hydroxyl groups is 1. The standard InChI is InChI=1S/C25H39N5O4/c1-3-19(26)16-29-13-7-11-20(29)23(33)30-14-8-12-25(30,15-18-9-5-4-6-10-18)24(34)28-21(17(2)31)22(27)32/h4-6,9-10,17,19-21,31H,3,7-8,11-16,26H2,1-2H3,(H2,27,32)(H,28,34). The van der Waals surface area contributed by atoms with Crippen molar-refractivity contribution in [1.82, 2.24) is 15.1 Å². The zero-order valence-corrected chi connectivity index (χ0v) is 20.3. The highest BCUT2D eigenvalue weighted by molar-refractivity contribution is 5.96. The van der Waals surface area contributed by atoms with Crippen LogP contribution in [0.5, 0.6) is 0 Å². The number of benzene rings is 1. The molecule has 1 aromatic rings. The molecule has 1 aromatic carbocycles. The number of likely N-dealkylation sites (tertiary alicyclic amines) is 2. The molecule has 3 rings (SSSR count). The number of carbonyl (C=O) groups excluding carboxylic acids is 3. The molecule has 0 saturated carbocycles. The van der Waals surface area contributed by atoms with Gasteiger partial charge in [0.1, 0.15) is 11.6 Å². The predicted molar refractivity (Wildman–Crippen MR) is 129 cm³/mol. The number of nitrogens with one attached hydrogen (secondary N) is 1. The van der Waals surface area contributed by atoms with Crippen molar-refractivity contribution in [3.05, 3.63) is 35.9 Å². The molecular weight excluding hydrogens is 434 g/mol. The van der Waals surface area contributed by atoms with Crippen molar-refractivity contribution in [2.24, 2.45) is 11.5 Å². The van der Waals surface area contributed by atoms with Gasteiger partial charge in [-0.1, -0.05) is 37.3 Å². The number of carbonyl (C=O) groups is 3. The van der Waals surface area contributed by atoms with Gasteiger partial charge in [-0.15, -0.1) is 0 Å². The van der Waals surface area contributed by atoms with Gasteiger partial charge in [0, 0.05) is 25.6 Å². The second-order valence-electron chi connectivity index (χ2n) is 9.70. The van der Waals surface area contributed by atoms with E-state index in [0.717, 1.165) is 31.4 Å². The largest absolute Gasteiger partial charge is 0.391 e. The van der Waals surface area contributed by atoms with Crippen LogP contribution < -0.4 is 16.8 Å². The summed E-state index contributed by atoms with van der Waals surface area (Å²) >= 11 is 0. The van der Waals surface area contributed by atoms with Crippen LogP contribution >= 0.6 is 0 Å². The van der Waals surface area contributed by atoms with Crippen LogP contribution in [0, 0.1) is 0 Å². The van der Waals surface area contributed by atoms with Crippen LogP contribution in [0.3, 0.4) is 0 Å². The first-order chi connectivity index (χ1) is 16.2. The maximum atomic E-state index is 13.9. The van der Waals surface area contributed by atoms with Gasteiger partial charge < -0.3 is 26.8 Å². The lowest BCUT2D eigenvalue weighted by atomic mass is 9.86. The second-order valence-corrected chi connectivity index (χ2v) is 9.70. The molecule has 34 heavy (non-hydrogen) atoms. The van der Waals surface area contributed by atoms with Gasteiger partial charge in [0.15, 0.2) is 0 Å². The van der Waals surface area contributed by atoms with Crippen molar-refractivity contribution in [3.8, 4) is 0 Å². The van der Waals surface area contributed by atoms with Gasteiger partial charge in [-0.05, 0) is 51.1 Å². The maximum Gasteiger partial charge on any atom is 0.247 e. The molecule has 0 radical (unpaired) electrons. The fourth-order valence-electron chi connectivity index (χ4n) is 5.27. The average molecular weight is 474 g/mol. The summed E-state index contributed by atoms with van der Waals surface area (Å²) in [5.74, 6) is -1.34. The van der Waals surface area contributed by atoms with E-state index in [1.807, 2.05) is 37.3 Å². The van der Waals surface area contributed by atoms with Gasteiger partial charge in [-0.3, -0.25) is 19.3 Å². The Morgan fingerprint density at radius 2 is 1.91 bits per heavy atom. The summed E-state index contributed by atoms with van der Waals surface area (Å²) in [5, 5.41) is 12.7. The maximum absolute atomic E-state index is 13.9. The van der Waals surface area contributed by atoms with E-state index in [-0.39, 0.29) is 18.0 Å². The number of primary amides is 1. The number of aliphatic hydroxyl groups excluding tert-OH is 1. The Morgan fingerprint density at radius 1 is 1.21 bits per heavy atom. The third kappa shape index (κ3) is 5.59. The van der Waals surface area contributed by atoms with Gasteiger partial charge in [-0.2, -0.15) is 0 Å². The molecule has 9 nitrogen and oxygen atoms in total. The molecule has 5 atom stereocenters. The van der Waals surface area contributed by atoms with Crippen molar-refractivity contribution >= 4 is 17.7 Å². The molecule has 2 fully saturated rings. The number of amides is 3. The van der Waals surface area contributed by atoms with E-state index < -0.39 is 29.5 Å². The molecule has 2 heterocycles. The molecule has 0 aliphatic carbocycles. The Balaban J connectivity index is 1.93. The minimum absolute atomic E-state index is 0.00767. The zero-order chi connectivity index (χ0) is 24.9. The Bertz CT molecular complexity index is 864. The number of nitrogens with two attached hydrogens (primary N) is 2. The smallest absolute Gasteiger partial charge is 0.247 e. The molecule has 2 saturated heterocycles. The highest BCUT2D eigenvalue weighted by atomic mass is 16.3. The van der Waals surface area contributed by atoms with Crippen molar-refractivity contribution in [3.63, 3.8) is 0 Å². The molecule has 5 unspecified atom stereocenters. The van der Waals surface area contributed by atoms with Crippen LogP contribution in [0.15, 0.2) is 30.3 Å². The average Bonchev–Trinajstić information content (AvgIpc) is 3.44. The Labute approximate surface area is 201 Å². The first kappa shape index (κ1) is 26.1. The second kappa shape index (κ2) is 11.3. The van der Waals surface area contributed by atoms with Crippen molar-refractivity contribution in [2.75, 3.05) is 19.6 Å². The number of hydrogen-bond acceptors (Lipinski definition) is 6. The summed E-state index contributed by atoms with van der Waals surface area (Å²) in [4.78, 5) is 43.4. The lowest BCUT2D eigenvalue weighted by Gasteiger charge is -2.41. The van der Waals surface area contributed by atoms with Crippen molar-refractivity contribution < 1.29 is 19.5 Å². The third-order valence-corrected chi connectivity index (χ3v) is 7.23. The molecule has 9 heteroatoms. The van der Waals surface area contributed by atoms with Crippen LogP contribution in [0.25, 0.3) is 0 Å². The molecule has 2 aliphatic heterocycles. The fraction of sp³-hybridized carbons (Fsp3) is 0.640. The molecule has 2 aliphatic rings. The molecular formula is C25H39N5O4. The Kier molecular flexibility index (Phi) is 8.67. The molecule has 6 N–H and O–H groups in total. The lowest BCUT2D eigenvalue weighted by Crippen LogP contribution is -2.65. The van der Waals surface area contributed by atoms with E-state index in [0.29, 0.717) is 32.4 Å². The monoisotopic (exact) mass is 473 g/mol. The fourth-order valence-corrected chi connectivity index (χ4v) is 5.27. The summed E-state index contributed by atoms with van der Waals surface area (Å²) < 4.78 is 0. The van der Waals surface area contributed by atoms with Gasteiger partial charge >= 0.3 is 0 Å². The molecule has 0 aromatic heterocycles. The first-order valence-corrected chi connectivity index (χ1v) is 12.3. The summed E-state index contributed by atoms with van der Waals surface area (Å²) in [7, 11) is 0.